The fourth-order valence-corrected chi connectivity index (χ4v) is 2.57. The Morgan fingerprint density at radius 3 is 2.70 bits per heavy atom. The van der Waals surface area contributed by atoms with Crippen molar-refractivity contribution >= 4 is 15.9 Å². The molecule has 0 aliphatic heterocycles. The average molecular weight is 338 g/mol. The number of halogens is 1. The molecule has 0 saturated carbocycles. The van der Waals surface area contributed by atoms with Gasteiger partial charge in [0.2, 0.25) is 0 Å². The predicted octanol–water partition coefficient (Wildman–Crippen LogP) is 3.48. The van der Waals surface area contributed by atoms with E-state index in [-0.39, 0.29) is 6.04 Å². The lowest BCUT2D eigenvalue weighted by Crippen LogP contribution is -2.11. The topological polar surface area (TPSA) is 53.1 Å². The van der Waals surface area contributed by atoms with Crippen LogP contribution in [-0.4, -0.2) is 9.78 Å². The summed E-state index contributed by atoms with van der Waals surface area (Å²) in [5.41, 5.74) is 9.15. The minimum absolute atomic E-state index is 0.00270. The Morgan fingerprint density at radius 2 is 2.10 bits per heavy atom. The zero-order valence-electron chi connectivity index (χ0n) is 12.1. The molecule has 0 radical (unpaired) electrons. The molecule has 108 valence electrons. The van der Waals surface area contributed by atoms with Crippen LogP contribution in [0.2, 0.25) is 0 Å². The summed E-state index contributed by atoms with van der Waals surface area (Å²) in [6.45, 7) is 4.50. The zero-order valence-corrected chi connectivity index (χ0v) is 13.6. The SMILES string of the molecule is CCC(N)c1ccccc1OCc1c(Br)c(C)nn1C. The lowest BCUT2D eigenvalue weighted by Gasteiger charge is -2.15. The van der Waals surface area contributed by atoms with Gasteiger partial charge in [-0.3, -0.25) is 4.68 Å². The van der Waals surface area contributed by atoms with Crippen LogP contribution in [0.25, 0.3) is 0 Å². The second-order valence-electron chi connectivity index (χ2n) is 4.81. The van der Waals surface area contributed by atoms with Gasteiger partial charge in [0, 0.05) is 18.7 Å². The van der Waals surface area contributed by atoms with E-state index in [2.05, 4.69) is 28.0 Å². The molecule has 0 spiro atoms. The van der Waals surface area contributed by atoms with Gasteiger partial charge in [-0.15, -0.1) is 0 Å². The number of nitrogens with zero attached hydrogens (tertiary/aromatic N) is 2. The standard InChI is InChI=1S/C15H20BrN3O/c1-4-12(17)11-7-5-6-8-14(11)20-9-13-15(16)10(2)18-19(13)3/h5-8,12H,4,9,17H2,1-3H3. The molecule has 4 nitrogen and oxygen atoms in total. The fraction of sp³-hybridized carbons (Fsp3) is 0.400. The van der Waals surface area contributed by atoms with Crippen molar-refractivity contribution in [3.05, 3.63) is 45.7 Å². The van der Waals surface area contributed by atoms with E-state index in [1.807, 2.05) is 42.9 Å². The highest BCUT2D eigenvalue weighted by Gasteiger charge is 2.14. The third-order valence-corrected chi connectivity index (χ3v) is 4.42. The first kappa shape index (κ1) is 15.1. The highest BCUT2D eigenvalue weighted by Crippen LogP contribution is 2.27. The summed E-state index contributed by atoms with van der Waals surface area (Å²) >= 11 is 3.55. The van der Waals surface area contributed by atoms with E-state index >= 15 is 0 Å². The Bertz CT molecular complexity index is 595. The van der Waals surface area contributed by atoms with E-state index in [4.69, 9.17) is 10.5 Å². The van der Waals surface area contributed by atoms with E-state index in [1.165, 1.54) is 0 Å². The molecule has 1 aromatic carbocycles. The first-order chi connectivity index (χ1) is 9.54. The van der Waals surface area contributed by atoms with E-state index in [0.717, 1.165) is 33.6 Å². The van der Waals surface area contributed by atoms with Crippen molar-refractivity contribution in [1.82, 2.24) is 9.78 Å². The second kappa shape index (κ2) is 6.41. The molecule has 0 aliphatic rings. The Morgan fingerprint density at radius 1 is 1.40 bits per heavy atom. The summed E-state index contributed by atoms with van der Waals surface area (Å²) in [5.74, 6) is 0.840. The normalized spacial score (nSPS) is 12.4. The maximum absolute atomic E-state index is 6.12. The molecule has 2 N–H and O–H groups in total. The zero-order chi connectivity index (χ0) is 14.7. The van der Waals surface area contributed by atoms with Crippen molar-refractivity contribution in [2.24, 2.45) is 12.8 Å². The van der Waals surface area contributed by atoms with Crippen molar-refractivity contribution in [3.8, 4) is 5.75 Å². The van der Waals surface area contributed by atoms with Crippen molar-refractivity contribution in [2.45, 2.75) is 32.9 Å². The van der Waals surface area contributed by atoms with Gasteiger partial charge in [-0.2, -0.15) is 5.10 Å². The third kappa shape index (κ3) is 3.04. The number of benzene rings is 1. The maximum Gasteiger partial charge on any atom is 0.131 e. The number of aryl methyl sites for hydroxylation is 2. The molecule has 0 saturated heterocycles. The van der Waals surface area contributed by atoms with Gasteiger partial charge in [-0.1, -0.05) is 25.1 Å². The van der Waals surface area contributed by atoms with Gasteiger partial charge in [0.15, 0.2) is 0 Å². The van der Waals surface area contributed by atoms with Crippen molar-refractivity contribution in [2.75, 3.05) is 0 Å². The Kier molecular flexibility index (Phi) is 4.83. The number of para-hydroxylation sites is 1. The van der Waals surface area contributed by atoms with Gasteiger partial charge in [-0.25, -0.2) is 0 Å². The molecule has 5 heteroatoms. The summed E-state index contributed by atoms with van der Waals surface area (Å²) in [6.07, 6.45) is 0.884. The molecular weight excluding hydrogens is 318 g/mol. The smallest absolute Gasteiger partial charge is 0.131 e. The lowest BCUT2D eigenvalue weighted by atomic mass is 10.0. The quantitative estimate of drug-likeness (QED) is 0.908. The van der Waals surface area contributed by atoms with Crippen LogP contribution < -0.4 is 10.5 Å². The number of aromatic nitrogens is 2. The van der Waals surface area contributed by atoms with Gasteiger partial charge in [-0.05, 0) is 35.3 Å². The van der Waals surface area contributed by atoms with Crippen molar-refractivity contribution in [3.63, 3.8) is 0 Å². The summed E-state index contributed by atoms with van der Waals surface area (Å²) in [7, 11) is 1.92. The van der Waals surface area contributed by atoms with Gasteiger partial charge in [0.25, 0.3) is 0 Å². The first-order valence-electron chi connectivity index (χ1n) is 6.69. The Hall–Kier alpha value is -1.33. The van der Waals surface area contributed by atoms with E-state index < -0.39 is 0 Å². The largest absolute Gasteiger partial charge is 0.487 e. The molecule has 2 aromatic rings. The van der Waals surface area contributed by atoms with E-state index in [1.54, 1.807) is 0 Å². The molecular formula is C15H20BrN3O. The molecule has 1 aromatic heterocycles. The van der Waals surface area contributed by atoms with Crippen LogP contribution >= 0.6 is 15.9 Å². The van der Waals surface area contributed by atoms with Gasteiger partial charge in [0.1, 0.15) is 12.4 Å². The molecule has 0 bridgehead atoms. The van der Waals surface area contributed by atoms with Crippen LogP contribution in [0.5, 0.6) is 5.75 Å². The summed E-state index contributed by atoms with van der Waals surface area (Å²) in [5, 5.41) is 4.36. The molecule has 0 amide bonds. The molecule has 1 unspecified atom stereocenters. The van der Waals surface area contributed by atoms with Crippen LogP contribution in [0.3, 0.4) is 0 Å². The predicted molar refractivity (Wildman–Crippen MR) is 83.6 cm³/mol. The average Bonchev–Trinajstić information content (AvgIpc) is 2.70. The van der Waals surface area contributed by atoms with Crippen LogP contribution in [-0.2, 0) is 13.7 Å². The molecule has 1 atom stereocenters. The van der Waals surface area contributed by atoms with Crippen LogP contribution in [0.4, 0.5) is 0 Å². The van der Waals surface area contributed by atoms with Crippen LogP contribution in [0.1, 0.15) is 36.3 Å². The summed E-state index contributed by atoms with van der Waals surface area (Å²) < 4.78 is 8.78. The third-order valence-electron chi connectivity index (χ3n) is 3.38. The lowest BCUT2D eigenvalue weighted by molar-refractivity contribution is 0.289. The van der Waals surface area contributed by atoms with E-state index in [9.17, 15) is 0 Å². The van der Waals surface area contributed by atoms with Gasteiger partial charge < -0.3 is 10.5 Å². The molecule has 0 fully saturated rings. The maximum atomic E-state index is 6.12. The van der Waals surface area contributed by atoms with Crippen LogP contribution in [0, 0.1) is 6.92 Å². The first-order valence-corrected chi connectivity index (χ1v) is 7.49. The highest BCUT2D eigenvalue weighted by atomic mass is 79.9. The van der Waals surface area contributed by atoms with E-state index in [0.29, 0.717) is 6.61 Å². The number of hydrogen-bond donors (Lipinski definition) is 1. The number of hydrogen-bond acceptors (Lipinski definition) is 3. The van der Waals surface area contributed by atoms with Gasteiger partial charge >= 0.3 is 0 Å². The molecule has 2 rings (SSSR count). The number of nitrogens with two attached hydrogens (primary N) is 1. The molecule has 0 aliphatic carbocycles. The highest BCUT2D eigenvalue weighted by molar-refractivity contribution is 9.10. The minimum atomic E-state index is 0.00270. The summed E-state index contributed by atoms with van der Waals surface area (Å²) in [4.78, 5) is 0. The number of ether oxygens (including phenoxy) is 1. The second-order valence-corrected chi connectivity index (χ2v) is 5.60. The van der Waals surface area contributed by atoms with Crippen molar-refractivity contribution < 1.29 is 4.74 Å². The molecule has 1 heterocycles. The number of rotatable bonds is 5. The minimum Gasteiger partial charge on any atom is -0.487 e. The molecule has 20 heavy (non-hydrogen) atoms. The monoisotopic (exact) mass is 337 g/mol. The fourth-order valence-electron chi connectivity index (χ4n) is 2.12. The van der Waals surface area contributed by atoms with Gasteiger partial charge in [0.05, 0.1) is 15.9 Å². The van der Waals surface area contributed by atoms with Crippen molar-refractivity contribution in [1.29, 1.82) is 0 Å². The summed E-state index contributed by atoms with van der Waals surface area (Å²) in [6, 6.07) is 7.93. The Labute approximate surface area is 128 Å². The Balaban J connectivity index is 2.19. The van der Waals surface area contributed by atoms with Crippen LogP contribution in [0.15, 0.2) is 28.7 Å².